The lowest BCUT2D eigenvalue weighted by Crippen LogP contribution is -2.06. The van der Waals surface area contributed by atoms with Crippen LogP contribution in [0.5, 0.6) is 5.75 Å². The molecule has 0 bridgehead atoms. The number of aromatic amines is 1. The van der Waals surface area contributed by atoms with Crippen molar-refractivity contribution in [3.05, 3.63) is 72.2 Å². The van der Waals surface area contributed by atoms with Crippen molar-refractivity contribution in [1.82, 2.24) is 35.2 Å². The van der Waals surface area contributed by atoms with Gasteiger partial charge in [0, 0.05) is 24.2 Å². The van der Waals surface area contributed by atoms with Gasteiger partial charge >= 0.3 is 0 Å². The van der Waals surface area contributed by atoms with Crippen LogP contribution in [0.1, 0.15) is 31.2 Å². The maximum atomic E-state index is 5.52. The van der Waals surface area contributed by atoms with Gasteiger partial charge in [0.05, 0.1) is 13.7 Å². The molecule has 3 heterocycles. The summed E-state index contributed by atoms with van der Waals surface area (Å²) < 4.78 is 7.73. The van der Waals surface area contributed by atoms with Gasteiger partial charge in [0.2, 0.25) is 0 Å². The van der Waals surface area contributed by atoms with Gasteiger partial charge in [-0.3, -0.25) is 0 Å². The Morgan fingerprint density at radius 1 is 1.00 bits per heavy atom. The van der Waals surface area contributed by atoms with E-state index >= 15 is 0 Å². The molecule has 0 atom stereocenters. The van der Waals surface area contributed by atoms with Gasteiger partial charge in [-0.05, 0) is 33.5 Å². The van der Waals surface area contributed by atoms with Crippen molar-refractivity contribution in [1.29, 1.82) is 0 Å². The first-order chi connectivity index (χ1) is 16.3. The van der Waals surface area contributed by atoms with E-state index in [4.69, 9.17) is 9.72 Å². The van der Waals surface area contributed by atoms with E-state index in [0.717, 1.165) is 58.7 Å². The Kier molecular flexibility index (Phi) is 7.18. The van der Waals surface area contributed by atoms with Crippen LogP contribution in [0.4, 0.5) is 0 Å². The molecule has 5 aromatic rings. The van der Waals surface area contributed by atoms with E-state index in [2.05, 4.69) is 67.4 Å². The third kappa shape index (κ3) is 4.49. The SMILES string of the molecule is CCCCc1nc2c(OC)ccnc2n1Cc1ccc(-c2ccccc2-c2nnn[nH]2)cc1.Cl. The Morgan fingerprint density at radius 3 is 2.50 bits per heavy atom. The molecule has 0 aliphatic heterocycles. The number of aromatic nitrogens is 7. The predicted octanol–water partition coefficient (Wildman–Crippen LogP) is 5.10. The molecule has 0 fully saturated rings. The highest BCUT2D eigenvalue weighted by atomic mass is 35.5. The minimum Gasteiger partial charge on any atom is -0.494 e. The van der Waals surface area contributed by atoms with E-state index in [9.17, 15) is 0 Å². The minimum absolute atomic E-state index is 0. The highest BCUT2D eigenvalue weighted by Gasteiger charge is 2.16. The molecule has 0 saturated heterocycles. The highest BCUT2D eigenvalue weighted by molar-refractivity contribution is 5.85. The van der Waals surface area contributed by atoms with Gasteiger partial charge in [0.1, 0.15) is 17.1 Å². The van der Waals surface area contributed by atoms with Gasteiger partial charge in [-0.2, -0.15) is 0 Å². The predicted molar refractivity (Wildman–Crippen MR) is 134 cm³/mol. The normalized spacial score (nSPS) is 10.9. The monoisotopic (exact) mass is 475 g/mol. The number of ether oxygens (including phenoxy) is 1. The average molecular weight is 476 g/mol. The average Bonchev–Trinajstić information content (AvgIpc) is 3.52. The van der Waals surface area contributed by atoms with Gasteiger partial charge in [0.25, 0.3) is 0 Å². The molecule has 8 nitrogen and oxygen atoms in total. The summed E-state index contributed by atoms with van der Waals surface area (Å²) in [7, 11) is 1.67. The molecule has 0 aliphatic carbocycles. The number of H-pyrrole nitrogens is 1. The van der Waals surface area contributed by atoms with Crippen molar-refractivity contribution in [2.24, 2.45) is 0 Å². The molecule has 3 aromatic heterocycles. The number of pyridine rings is 1. The van der Waals surface area contributed by atoms with E-state index in [1.807, 2.05) is 24.3 Å². The number of nitrogens with zero attached hydrogens (tertiary/aromatic N) is 6. The summed E-state index contributed by atoms with van der Waals surface area (Å²) in [4.78, 5) is 9.49. The zero-order chi connectivity index (χ0) is 22.6. The summed E-state index contributed by atoms with van der Waals surface area (Å²) in [6.45, 7) is 2.89. The Balaban J connectivity index is 0.00000274. The van der Waals surface area contributed by atoms with Gasteiger partial charge in [-0.25, -0.2) is 15.1 Å². The molecule has 2 aromatic carbocycles. The molecule has 9 heteroatoms. The third-order valence-electron chi connectivity index (χ3n) is 5.78. The molecule has 0 spiro atoms. The Bertz CT molecular complexity index is 1360. The Hall–Kier alpha value is -3.78. The number of imidazole rings is 1. The fourth-order valence-electron chi connectivity index (χ4n) is 4.08. The Labute approximate surface area is 203 Å². The van der Waals surface area contributed by atoms with Crippen molar-refractivity contribution in [3.63, 3.8) is 0 Å². The lowest BCUT2D eigenvalue weighted by molar-refractivity contribution is 0.418. The standard InChI is InChI=1S/C25H25N7O.ClH/c1-3-4-9-22-27-23-21(33-2)14-15-26-25(23)32(22)16-17-10-12-18(13-11-17)19-7-5-6-8-20(19)24-28-30-31-29-24;/h5-8,10-15H,3-4,9,16H2,1-2H3,(H,28,29,30,31);1H. The van der Waals surface area contributed by atoms with Crippen LogP contribution in [0.2, 0.25) is 0 Å². The fourth-order valence-corrected chi connectivity index (χ4v) is 4.08. The van der Waals surface area contributed by atoms with Gasteiger partial charge in [-0.15, -0.1) is 17.5 Å². The summed E-state index contributed by atoms with van der Waals surface area (Å²) in [5.41, 5.74) is 6.00. The van der Waals surface area contributed by atoms with Gasteiger partial charge in [0.15, 0.2) is 11.5 Å². The number of halogens is 1. The number of nitrogens with one attached hydrogen (secondary N) is 1. The van der Waals surface area contributed by atoms with Crippen molar-refractivity contribution in [2.45, 2.75) is 32.7 Å². The molecule has 0 amide bonds. The van der Waals surface area contributed by atoms with Crippen LogP contribution in [-0.2, 0) is 13.0 Å². The Morgan fingerprint density at radius 2 is 1.79 bits per heavy atom. The van der Waals surface area contributed by atoms with Crippen LogP contribution in [0.25, 0.3) is 33.7 Å². The zero-order valence-electron chi connectivity index (χ0n) is 19.1. The molecule has 1 N–H and O–H groups in total. The molecule has 0 saturated carbocycles. The first-order valence-corrected chi connectivity index (χ1v) is 11.1. The summed E-state index contributed by atoms with van der Waals surface area (Å²) in [5.74, 6) is 2.45. The number of unbranched alkanes of at least 4 members (excludes halogenated alkanes) is 1. The smallest absolute Gasteiger partial charge is 0.180 e. The minimum atomic E-state index is 0. The van der Waals surface area contributed by atoms with Crippen molar-refractivity contribution >= 4 is 23.6 Å². The van der Waals surface area contributed by atoms with Crippen LogP contribution in [0.3, 0.4) is 0 Å². The number of aryl methyl sites for hydroxylation is 1. The maximum absolute atomic E-state index is 5.52. The first kappa shape index (κ1) is 23.4. The molecular formula is C25H26ClN7O. The molecule has 0 aliphatic rings. The molecule has 174 valence electrons. The summed E-state index contributed by atoms with van der Waals surface area (Å²) in [5, 5.41) is 14.4. The van der Waals surface area contributed by atoms with Crippen molar-refractivity contribution < 1.29 is 4.74 Å². The van der Waals surface area contributed by atoms with Crippen LogP contribution in [-0.4, -0.2) is 42.3 Å². The molecule has 0 unspecified atom stereocenters. The summed E-state index contributed by atoms with van der Waals surface area (Å²) in [6.07, 6.45) is 4.88. The number of tetrazole rings is 1. The van der Waals surface area contributed by atoms with Crippen LogP contribution in [0.15, 0.2) is 60.8 Å². The molecule has 5 rings (SSSR count). The van der Waals surface area contributed by atoms with E-state index in [1.54, 1.807) is 13.3 Å². The van der Waals surface area contributed by atoms with E-state index in [0.29, 0.717) is 12.4 Å². The van der Waals surface area contributed by atoms with Crippen molar-refractivity contribution in [3.8, 4) is 28.3 Å². The van der Waals surface area contributed by atoms with Crippen LogP contribution < -0.4 is 4.74 Å². The van der Waals surface area contributed by atoms with Gasteiger partial charge < -0.3 is 9.30 Å². The lowest BCUT2D eigenvalue weighted by atomic mass is 9.98. The fraction of sp³-hybridized carbons (Fsp3) is 0.240. The number of hydrogen-bond donors (Lipinski definition) is 1. The second-order valence-corrected chi connectivity index (χ2v) is 7.90. The number of methoxy groups -OCH3 is 1. The summed E-state index contributed by atoms with van der Waals surface area (Å²) in [6, 6.07) is 18.5. The van der Waals surface area contributed by atoms with E-state index in [1.165, 1.54) is 5.56 Å². The second kappa shape index (κ2) is 10.4. The zero-order valence-corrected chi connectivity index (χ0v) is 19.9. The number of fused-ring (bicyclic) bond motifs is 1. The number of hydrogen-bond acceptors (Lipinski definition) is 6. The quantitative estimate of drug-likeness (QED) is 0.335. The topological polar surface area (TPSA) is 94.4 Å². The van der Waals surface area contributed by atoms with Gasteiger partial charge in [-0.1, -0.05) is 61.9 Å². The van der Waals surface area contributed by atoms with Crippen LogP contribution in [0, 0.1) is 0 Å². The lowest BCUT2D eigenvalue weighted by Gasteiger charge is -2.11. The van der Waals surface area contributed by atoms with Crippen LogP contribution >= 0.6 is 12.4 Å². The second-order valence-electron chi connectivity index (χ2n) is 7.90. The maximum Gasteiger partial charge on any atom is 0.180 e. The van der Waals surface area contributed by atoms with E-state index in [-0.39, 0.29) is 12.4 Å². The largest absolute Gasteiger partial charge is 0.494 e. The van der Waals surface area contributed by atoms with Crippen molar-refractivity contribution in [2.75, 3.05) is 7.11 Å². The highest BCUT2D eigenvalue weighted by Crippen LogP contribution is 2.30. The molecule has 34 heavy (non-hydrogen) atoms. The first-order valence-electron chi connectivity index (χ1n) is 11.1. The number of benzene rings is 2. The molecular weight excluding hydrogens is 450 g/mol. The molecule has 0 radical (unpaired) electrons. The number of rotatable bonds is 8. The summed E-state index contributed by atoms with van der Waals surface area (Å²) >= 11 is 0. The van der Waals surface area contributed by atoms with E-state index < -0.39 is 0 Å². The third-order valence-corrected chi connectivity index (χ3v) is 5.78.